The van der Waals surface area contributed by atoms with Gasteiger partial charge in [0, 0.05) is 0 Å². The van der Waals surface area contributed by atoms with Crippen molar-refractivity contribution in [3.05, 3.63) is 16.7 Å². The van der Waals surface area contributed by atoms with Crippen molar-refractivity contribution < 1.29 is 71.5 Å². The van der Waals surface area contributed by atoms with Crippen molar-refractivity contribution in [1.82, 2.24) is 19.5 Å². The zero-order valence-electron chi connectivity index (χ0n) is 23.0. The van der Waals surface area contributed by atoms with Gasteiger partial charge in [-0.25, -0.2) is 9.17 Å². The van der Waals surface area contributed by atoms with Gasteiger partial charge in [-0.3, -0.25) is 18.9 Å². The Balaban J connectivity index is 1.40. The lowest BCUT2D eigenvalue weighted by Gasteiger charge is -2.46. The van der Waals surface area contributed by atoms with Crippen molar-refractivity contribution in [2.24, 2.45) is 0 Å². The maximum absolute atomic E-state index is 12.2. The van der Waals surface area contributed by atoms with Crippen LogP contribution in [0.3, 0.4) is 0 Å². The summed E-state index contributed by atoms with van der Waals surface area (Å²) in [5.74, 6) is -0.281. The summed E-state index contributed by atoms with van der Waals surface area (Å²) in [6.07, 6.45) is -20.4. The van der Waals surface area contributed by atoms with Crippen molar-refractivity contribution >= 4 is 27.5 Å². The van der Waals surface area contributed by atoms with E-state index in [1.807, 2.05) is 0 Å². The Labute approximate surface area is 247 Å². The highest BCUT2D eigenvalue weighted by Gasteiger charge is 2.53. The quantitative estimate of drug-likeness (QED) is 0.120. The molecular formula is C22H33N5O16S. The lowest BCUT2D eigenvalue weighted by Crippen LogP contribution is -2.64. The van der Waals surface area contributed by atoms with Gasteiger partial charge in [0.15, 0.2) is 30.0 Å². The minimum Gasteiger partial charge on any atom is -0.388 e. The lowest BCUT2D eigenvalue weighted by atomic mass is 9.97. The summed E-state index contributed by atoms with van der Waals surface area (Å²) in [5, 5.41) is 63.5. The molecule has 5 rings (SSSR count). The van der Waals surface area contributed by atoms with Gasteiger partial charge in [-0.15, -0.1) is 0 Å². The molecule has 0 spiro atoms. The second-order valence-corrected chi connectivity index (χ2v) is 11.7. The van der Waals surface area contributed by atoms with Crippen LogP contribution in [0.4, 0.5) is 5.95 Å². The minimum absolute atomic E-state index is 0.114. The highest BCUT2D eigenvalue weighted by atomic mass is 32.3. The molecule has 10 N–H and O–H groups in total. The Kier molecular flexibility index (Phi) is 9.29. The molecule has 0 unspecified atom stereocenters. The predicted molar refractivity (Wildman–Crippen MR) is 138 cm³/mol. The Morgan fingerprint density at radius 3 is 2.18 bits per heavy atom. The summed E-state index contributed by atoms with van der Waals surface area (Å²) < 4.78 is 65.5. The summed E-state index contributed by atoms with van der Waals surface area (Å²) in [6, 6.07) is 0. The summed E-state index contributed by atoms with van der Waals surface area (Å²) in [5.41, 5.74) is 4.65. The van der Waals surface area contributed by atoms with Crippen molar-refractivity contribution in [3.63, 3.8) is 0 Å². The SMILES string of the molecule is C[C@H]1O[C@@H](O[C@H]2[C@@H](O)[C@@H](C)O[C@@H](O[C@H]3[C@@H](O)[C@H](n4cnc5c(=O)[nH]c(N)nc54)O[C@@H]3COS(=O)(=O)O)[C@@H]2O)[C@H](O)[C@@H](O)[C@H]1O. The van der Waals surface area contributed by atoms with Crippen LogP contribution >= 0.6 is 0 Å². The van der Waals surface area contributed by atoms with E-state index in [1.165, 1.54) is 13.8 Å². The predicted octanol–water partition coefficient (Wildman–Crippen LogP) is -5.16. The van der Waals surface area contributed by atoms with E-state index >= 15 is 0 Å². The Morgan fingerprint density at radius 2 is 1.52 bits per heavy atom. The highest BCUT2D eigenvalue weighted by Crippen LogP contribution is 2.36. The number of nitrogen functional groups attached to an aromatic ring is 1. The zero-order chi connectivity index (χ0) is 32.2. The average molecular weight is 656 g/mol. The number of anilines is 1. The first-order valence-corrected chi connectivity index (χ1v) is 14.6. The molecule has 2 aromatic rings. The third kappa shape index (κ3) is 6.32. The number of rotatable bonds is 8. The number of nitrogens with one attached hydrogen (secondary N) is 1. The summed E-state index contributed by atoms with van der Waals surface area (Å²) >= 11 is 0. The largest absolute Gasteiger partial charge is 0.397 e. The maximum Gasteiger partial charge on any atom is 0.397 e. The van der Waals surface area contributed by atoms with Crippen molar-refractivity contribution in [2.45, 2.75) is 99.8 Å². The van der Waals surface area contributed by atoms with Gasteiger partial charge in [-0.2, -0.15) is 13.4 Å². The normalized spacial score (nSPS) is 41.8. The van der Waals surface area contributed by atoms with Gasteiger partial charge in [0.1, 0.15) is 54.9 Å². The summed E-state index contributed by atoms with van der Waals surface area (Å²) in [7, 11) is -4.99. The van der Waals surface area contributed by atoms with E-state index in [0.717, 1.165) is 10.9 Å². The molecule has 3 aliphatic rings. The van der Waals surface area contributed by atoms with Crippen molar-refractivity contribution in [1.29, 1.82) is 0 Å². The second-order valence-electron chi connectivity index (χ2n) is 10.6. The first-order chi connectivity index (χ1) is 20.6. The molecule has 44 heavy (non-hydrogen) atoms. The number of aromatic nitrogens is 4. The molecule has 2 aromatic heterocycles. The van der Waals surface area contributed by atoms with Gasteiger partial charge in [0.25, 0.3) is 5.56 Å². The molecule has 21 nitrogen and oxygen atoms in total. The number of nitrogens with zero attached hydrogens (tertiary/aromatic N) is 3. The van der Waals surface area contributed by atoms with Crippen LogP contribution in [0.25, 0.3) is 11.2 Å². The number of ether oxygens (including phenoxy) is 5. The van der Waals surface area contributed by atoms with Gasteiger partial charge < -0.3 is 60.1 Å². The van der Waals surface area contributed by atoms with Crippen LogP contribution in [-0.2, 0) is 38.3 Å². The van der Waals surface area contributed by atoms with E-state index in [4.69, 9.17) is 34.0 Å². The van der Waals surface area contributed by atoms with Crippen LogP contribution in [0.1, 0.15) is 20.1 Å². The van der Waals surface area contributed by atoms with Crippen LogP contribution < -0.4 is 11.3 Å². The highest BCUT2D eigenvalue weighted by molar-refractivity contribution is 7.80. The average Bonchev–Trinajstić information content (AvgIpc) is 3.50. The molecule has 14 atom stereocenters. The molecule has 0 saturated carbocycles. The molecule has 3 saturated heterocycles. The van der Waals surface area contributed by atoms with E-state index in [1.54, 1.807) is 0 Å². The molecule has 0 aromatic carbocycles. The third-order valence-corrected chi connectivity index (χ3v) is 8.02. The van der Waals surface area contributed by atoms with E-state index < -0.39 is 109 Å². The molecule has 0 aliphatic carbocycles. The van der Waals surface area contributed by atoms with Gasteiger partial charge in [-0.05, 0) is 13.8 Å². The molecule has 3 fully saturated rings. The van der Waals surface area contributed by atoms with E-state index in [2.05, 4.69) is 19.1 Å². The number of nitrogens with two attached hydrogens (primary N) is 1. The first-order valence-electron chi connectivity index (χ1n) is 13.3. The zero-order valence-corrected chi connectivity index (χ0v) is 23.8. The van der Waals surface area contributed by atoms with Crippen molar-refractivity contribution in [3.8, 4) is 0 Å². The standard InChI is InChI=1S/C22H33N5O16S/c1-5-9(28)11(30)12(31)20(39-5)43-16-10(29)6(2)40-21(14(16)33)42-15-7(3-38-44(35,36)37)41-19(13(15)32)27-4-24-8-17(27)25-22(23)26-18(8)34/h4-7,9-16,19-21,28-33H,3H2,1-2H3,(H,35,36,37)(H3,23,25,26,34)/t5-,6-,7-,9+,10+,11+,12-,13-,14-,15-,16+,19-,20+,21+/m1/s1. The van der Waals surface area contributed by atoms with Gasteiger partial charge >= 0.3 is 10.4 Å². The Bertz CT molecular complexity index is 1490. The molecule has 0 radical (unpaired) electrons. The number of aromatic amines is 1. The fourth-order valence-electron chi connectivity index (χ4n) is 5.24. The maximum atomic E-state index is 12.2. The number of aliphatic hydroxyl groups excluding tert-OH is 6. The topological polar surface area (TPSA) is 321 Å². The summed E-state index contributed by atoms with van der Waals surface area (Å²) in [4.78, 5) is 22.4. The second kappa shape index (κ2) is 12.4. The molecule has 0 amide bonds. The third-order valence-electron chi connectivity index (χ3n) is 7.59. The Hall–Kier alpha value is -2.42. The fourth-order valence-corrected chi connectivity index (χ4v) is 5.55. The molecule has 3 aliphatic heterocycles. The molecule has 5 heterocycles. The first kappa shape index (κ1) is 33.0. The van der Waals surface area contributed by atoms with Gasteiger partial charge in [0.05, 0.1) is 25.1 Å². The minimum atomic E-state index is -4.99. The fraction of sp³-hybridized carbons (Fsp3) is 0.773. The van der Waals surface area contributed by atoms with Crippen LogP contribution in [0.5, 0.6) is 0 Å². The number of imidazole rings is 1. The van der Waals surface area contributed by atoms with Gasteiger partial charge in [0.2, 0.25) is 5.95 Å². The van der Waals surface area contributed by atoms with Gasteiger partial charge in [-0.1, -0.05) is 0 Å². The van der Waals surface area contributed by atoms with Crippen LogP contribution in [0.15, 0.2) is 11.1 Å². The van der Waals surface area contributed by atoms with Crippen LogP contribution in [0.2, 0.25) is 0 Å². The number of fused-ring (bicyclic) bond motifs is 1. The smallest absolute Gasteiger partial charge is 0.388 e. The van der Waals surface area contributed by atoms with E-state index in [9.17, 15) is 43.9 Å². The number of hydrogen-bond acceptors (Lipinski definition) is 18. The van der Waals surface area contributed by atoms with E-state index in [-0.39, 0.29) is 17.1 Å². The Morgan fingerprint density at radius 1 is 0.909 bits per heavy atom. The summed E-state index contributed by atoms with van der Waals surface area (Å²) in [6.45, 7) is 1.88. The van der Waals surface area contributed by atoms with Crippen LogP contribution in [0, 0.1) is 0 Å². The molecule has 0 bridgehead atoms. The number of hydrogen-bond donors (Lipinski definition) is 9. The lowest BCUT2D eigenvalue weighted by molar-refractivity contribution is -0.360. The molecule has 248 valence electrons. The molecule has 22 heteroatoms. The molecular weight excluding hydrogens is 622 g/mol. The van der Waals surface area contributed by atoms with E-state index in [0.29, 0.717) is 0 Å². The number of H-pyrrole nitrogens is 1. The van der Waals surface area contributed by atoms with Crippen LogP contribution in [-0.4, -0.2) is 149 Å². The monoisotopic (exact) mass is 655 g/mol. The number of aliphatic hydroxyl groups is 6. The van der Waals surface area contributed by atoms with Crippen molar-refractivity contribution in [2.75, 3.05) is 12.3 Å².